The number of amides is 1. The fourth-order valence-electron chi connectivity index (χ4n) is 2.06. The van der Waals surface area contributed by atoms with E-state index >= 15 is 0 Å². The average Bonchev–Trinajstić information content (AvgIpc) is 2.90. The van der Waals surface area contributed by atoms with Crippen LogP contribution in [-0.2, 0) is 4.79 Å². The molecular weight excluding hydrogens is 332 g/mol. The highest BCUT2D eigenvalue weighted by Gasteiger charge is 2.16. The summed E-state index contributed by atoms with van der Waals surface area (Å²) in [5, 5.41) is 4.00. The van der Waals surface area contributed by atoms with Crippen molar-refractivity contribution in [3.05, 3.63) is 53.1 Å². The molecule has 23 heavy (non-hydrogen) atoms. The van der Waals surface area contributed by atoms with Gasteiger partial charge >= 0.3 is 0 Å². The molecule has 0 spiro atoms. The molecule has 3 aromatic rings. The van der Waals surface area contributed by atoms with Crippen molar-refractivity contribution in [3.63, 3.8) is 0 Å². The van der Waals surface area contributed by atoms with Crippen molar-refractivity contribution in [2.75, 3.05) is 5.32 Å². The Morgan fingerprint density at radius 1 is 1.26 bits per heavy atom. The Morgan fingerprint density at radius 3 is 2.74 bits per heavy atom. The van der Waals surface area contributed by atoms with Crippen LogP contribution >= 0.6 is 22.9 Å². The molecule has 0 fully saturated rings. The van der Waals surface area contributed by atoms with E-state index in [1.54, 1.807) is 31.2 Å². The molecule has 0 radical (unpaired) electrons. The smallest absolute Gasteiger partial charge is 0.266 e. The summed E-state index contributed by atoms with van der Waals surface area (Å²) in [7, 11) is 0. The zero-order valence-electron chi connectivity index (χ0n) is 12.7. The Bertz CT molecular complexity index is 845. The number of carbonyl (C=O) groups is 1. The number of nitrogens with zero attached hydrogens (tertiary/aromatic N) is 1. The number of rotatable bonds is 4. The van der Waals surface area contributed by atoms with Gasteiger partial charge in [-0.3, -0.25) is 10.1 Å². The van der Waals surface area contributed by atoms with E-state index < -0.39 is 6.10 Å². The third-order valence-corrected chi connectivity index (χ3v) is 4.46. The Kier molecular flexibility index (Phi) is 4.50. The van der Waals surface area contributed by atoms with Crippen LogP contribution in [0.1, 0.15) is 12.5 Å². The summed E-state index contributed by atoms with van der Waals surface area (Å²) < 4.78 is 6.65. The van der Waals surface area contributed by atoms with Crippen LogP contribution in [0.15, 0.2) is 42.5 Å². The van der Waals surface area contributed by atoms with Gasteiger partial charge in [0.05, 0.1) is 10.2 Å². The van der Waals surface area contributed by atoms with Gasteiger partial charge in [-0.25, -0.2) is 4.98 Å². The number of thiazole rings is 1. The van der Waals surface area contributed by atoms with Crippen molar-refractivity contribution in [2.24, 2.45) is 0 Å². The van der Waals surface area contributed by atoms with Crippen LogP contribution in [0.5, 0.6) is 5.75 Å². The third-order valence-electron chi connectivity index (χ3n) is 3.27. The van der Waals surface area contributed by atoms with Crippen LogP contribution in [0, 0.1) is 6.92 Å². The summed E-state index contributed by atoms with van der Waals surface area (Å²) in [6, 6.07) is 12.9. The standard InChI is InChI=1S/C17H15ClN2O2S/c1-10-3-8-14-15(9-10)23-17(19-14)20-16(21)11(2)22-13-6-4-12(18)5-7-13/h3-9,11H,1-2H3,(H,19,20,21)/t11-/m0/s1. The molecule has 1 amide bonds. The monoisotopic (exact) mass is 346 g/mol. The van der Waals surface area contributed by atoms with Crippen molar-refractivity contribution >= 4 is 44.2 Å². The molecule has 1 N–H and O–H groups in total. The van der Waals surface area contributed by atoms with Crippen molar-refractivity contribution in [2.45, 2.75) is 20.0 Å². The minimum Gasteiger partial charge on any atom is -0.481 e. The molecule has 3 rings (SSSR count). The normalized spacial score (nSPS) is 12.1. The molecule has 0 aliphatic heterocycles. The Balaban J connectivity index is 1.68. The average molecular weight is 347 g/mol. The largest absolute Gasteiger partial charge is 0.481 e. The molecule has 0 aliphatic carbocycles. The number of hydrogen-bond donors (Lipinski definition) is 1. The maximum atomic E-state index is 12.2. The zero-order valence-corrected chi connectivity index (χ0v) is 14.2. The second kappa shape index (κ2) is 6.56. The van der Waals surface area contributed by atoms with Gasteiger partial charge in [-0.15, -0.1) is 0 Å². The lowest BCUT2D eigenvalue weighted by atomic mass is 10.2. The number of halogens is 1. The summed E-state index contributed by atoms with van der Waals surface area (Å²) >= 11 is 7.28. The van der Waals surface area contributed by atoms with E-state index in [2.05, 4.69) is 16.4 Å². The van der Waals surface area contributed by atoms with E-state index in [1.807, 2.05) is 19.1 Å². The predicted octanol–water partition coefficient (Wildman–Crippen LogP) is 4.66. The first-order chi connectivity index (χ1) is 11.0. The molecule has 0 unspecified atom stereocenters. The first kappa shape index (κ1) is 15.8. The van der Waals surface area contributed by atoms with Gasteiger partial charge in [0.25, 0.3) is 5.91 Å². The molecule has 1 atom stereocenters. The quantitative estimate of drug-likeness (QED) is 0.747. The van der Waals surface area contributed by atoms with Gasteiger partial charge in [0.15, 0.2) is 11.2 Å². The van der Waals surface area contributed by atoms with E-state index in [9.17, 15) is 4.79 Å². The minimum absolute atomic E-state index is 0.240. The lowest BCUT2D eigenvalue weighted by Gasteiger charge is -2.13. The molecule has 6 heteroatoms. The van der Waals surface area contributed by atoms with Gasteiger partial charge in [-0.1, -0.05) is 29.0 Å². The number of aromatic nitrogens is 1. The maximum absolute atomic E-state index is 12.2. The summed E-state index contributed by atoms with van der Waals surface area (Å²) in [6.45, 7) is 3.72. The molecule has 0 aliphatic rings. The number of nitrogens with one attached hydrogen (secondary N) is 1. The number of fused-ring (bicyclic) bond motifs is 1. The number of benzene rings is 2. The van der Waals surface area contributed by atoms with Crippen LogP contribution in [0.4, 0.5) is 5.13 Å². The summed E-state index contributed by atoms with van der Waals surface area (Å²) in [4.78, 5) is 16.6. The van der Waals surface area contributed by atoms with Gasteiger partial charge in [0.1, 0.15) is 5.75 Å². The molecule has 0 saturated carbocycles. The Hall–Kier alpha value is -2.11. The number of hydrogen-bond acceptors (Lipinski definition) is 4. The lowest BCUT2D eigenvalue weighted by molar-refractivity contribution is -0.122. The predicted molar refractivity (Wildman–Crippen MR) is 94.5 cm³/mol. The fourth-order valence-corrected chi connectivity index (χ4v) is 3.16. The molecule has 0 bridgehead atoms. The summed E-state index contributed by atoms with van der Waals surface area (Å²) in [5.41, 5.74) is 2.04. The van der Waals surface area contributed by atoms with Crippen LogP contribution in [0.2, 0.25) is 5.02 Å². The van der Waals surface area contributed by atoms with Gasteiger partial charge in [0, 0.05) is 5.02 Å². The highest BCUT2D eigenvalue weighted by atomic mass is 35.5. The highest BCUT2D eigenvalue weighted by molar-refractivity contribution is 7.22. The molecule has 4 nitrogen and oxygen atoms in total. The van der Waals surface area contributed by atoms with E-state index in [1.165, 1.54) is 16.9 Å². The van der Waals surface area contributed by atoms with E-state index in [0.29, 0.717) is 15.9 Å². The highest BCUT2D eigenvalue weighted by Crippen LogP contribution is 2.27. The number of carbonyl (C=O) groups excluding carboxylic acids is 1. The van der Waals surface area contributed by atoms with Gasteiger partial charge in [0.2, 0.25) is 0 Å². The van der Waals surface area contributed by atoms with Crippen molar-refractivity contribution in [1.29, 1.82) is 0 Å². The zero-order chi connectivity index (χ0) is 16.4. The number of ether oxygens (including phenoxy) is 1. The van der Waals surface area contributed by atoms with Gasteiger partial charge in [-0.05, 0) is 55.8 Å². The second-order valence-corrected chi connectivity index (χ2v) is 6.66. The van der Waals surface area contributed by atoms with Crippen molar-refractivity contribution < 1.29 is 9.53 Å². The van der Waals surface area contributed by atoms with Crippen LogP contribution < -0.4 is 10.1 Å². The number of aryl methyl sites for hydroxylation is 1. The first-order valence-corrected chi connectivity index (χ1v) is 8.31. The Morgan fingerprint density at radius 2 is 2.00 bits per heavy atom. The van der Waals surface area contributed by atoms with E-state index in [4.69, 9.17) is 16.3 Å². The molecule has 1 aromatic heterocycles. The summed E-state index contributed by atoms with van der Waals surface area (Å²) in [6.07, 6.45) is -0.634. The molecule has 118 valence electrons. The van der Waals surface area contributed by atoms with E-state index in [0.717, 1.165) is 10.2 Å². The van der Waals surface area contributed by atoms with Crippen LogP contribution in [0.3, 0.4) is 0 Å². The second-order valence-electron chi connectivity index (χ2n) is 5.19. The number of anilines is 1. The molecule has 0 saturated heterocycles. The topological polar surface area (TPSA) is 51.2 Å². The van der Waals surface area contributed by atoms with E-state index in [-0.39, 0.29) is 5.91 Å². The third kappa shape index (κ3) is 3.81. The molecule has 2 aromatic carbocycles. The molecule has 1 heterocycles. The Labute approximate surface area is 143 Å². The molecular formula is C17H15ClN2O2S. The summed E-state index contributed by atoms with van der Waals surface area (Å²) in [5.74, 6) is 0.354. The fraction of sp³-hybridized carbons (Fsp3) is 0.176. The maximum Gasteiger partial charge on any atom is 0.266 e. The van der Waals surface area contributed by atoms with Crippen LogP contribution in [0.25, 0.3) is 10.2 Å². The van der Waals surface area contributed by atoms with Gasteiger partial charge in [-0.2, -0.15) is 0 Å². The van der Waals surface area contributed by atoms with Gasteiger partial charge < -0.3 is 4.74 Å². The van der Waals surface area contributed by atoms with Crippen LogP contribution in [-0.4, -0.2) is 17.0 Å². The van der Waals surface area contributed by atoms with Crippen molar-refractivity contribution in [1.82, 2.24) is 4.98 Å². The SMILES string of the molecule is Cc1ccc2nc(NC(=O)[C@H](C)Oc3ccc(Cl)cc3)sc2c1. The van der Waals surface area contributed by atoms with Crippen molar-refractivity contribution in [3.8, 4) is 5.75 Å². The minimum atomic E-state index is -0.634. The first-order valence-electron chi connectivity index (χ1n) is 7.11. The lowest BCUT2D eigenvalue weighted by Crippen LogP contribution is -2.30.